The standard InChI is InChI=1S/C14H19N5O3/c1-14(2,3)12-15-8-7-19(5-4-9(8)22-12)11(20)6-10-16-13(21)18-17-10/h4-7H2,1-3H3,(H2,16,17,18,21). The molecule has 0 radical (unpaired) electrons. The second kappa shape index (κ2) is 5.11. The third-order valence-electron chi connectivity index (χ3n) is 3.59. The average Bonchev–Trinajstić information content (AvgIpc) is 3.03. The quantitative estimate of drug-likeness (QED) is 0.840. The van der Waals surface area contributed by atoms with Crippen molar-refractivity contribution < 1.29 is 9.21 Å². The van der Waals surface area contributed by atoms with Crippen LogP contribution in [-0.4, -0.2) is 37.5 Å². The number of carbonyl (C=O) groups excluding carboxylic acids is 1. The summed E-state index contributed by atoms with van der Waals surface area (Å²) in [6.45, 7) is 7.14. The van der Waals surface area contributed by atoms with Crippen LogP contribution in [0.5, 0.6) is 0 Å². The summed E-state index contributed by atoms with van der Waals surface area (Å²) < 4.78 is 5.81. The Bertz CT molecular complexity index is 749. The van der Waals surface area contributed by atoms with Gasteiger partial charge in [0.25, 0.3) is 0 Å². The Hall–Kier alpha value is -2.38. The molecule has 0 bridgehead atoms. The number of hydrogen-bond donors (Lipinski definition) is 2. The molecular weight excluding hydrogens is 286 g/mol. The number of nitrogens with zero attached hydrogens (tertiary/aromatic N) is 3. The Labute approximate surface area is 126 Å². The fourth-order valence-electron chi connectivity index (χ4n) is 2.38. The van der Waals surface area contributed by atoms with E-state index in [-0.39, 0.29) is 17.7 Å². The molecule has 8 heteroatoms. The second-order valence-electron chi connectivity index (χ2n) is 6.51. The van der Waals surface area contributed by atoms with E-state index in [1.54, 1.807) is 4.90 Å². The van der Waals surface area contributed by atoms with E-state index in [1.807, 2.05) is 20.8 Å². The van der Waals surface area contributed by atoms with Gasteiger partial charge in [0.2, 0.25) is 5.91 Å². The van der Waals surface area contributed by atoms with Gasteiger partial charge >= 0.3 is 5.69 Å². The van der Waals surface area contributed by atoms with Gasteiger partial charge in [0.15, 0.2) is 5.89 Å². The van der Waals surface area contributed by atoms with Crippen LogP contribution in [0, 0.1) is 0 Å². The van der Waals surface area contributed by atoms with Gasteiger partial charge in [-0.25, -0.2) is 14.9 Å². The number of rotatable bonds is 2. The van der Waals surface area contributed by atoms with E-state index in [1.165, 1.54) is 0 Å². The molecule has 0 aliphatic carbocycles. The number of oxazole rings is 1. The van der Waals surface area contributed by atoms with Crippen LogP contribution in [0.1, 0.15) is 43.9 Å². The molecule has 22 heavy (non-hydrogen) atoms. The van der Waals surface area contributed by atoms with Crippen molar-refractivity contribution in [2.24, 2.45) is 0 Å². The molecule has 2 N–H and O–H groups in total. The molecule has 2 aromatic heterocycles. The average molecular weight is 305 g/mol. The monoisotopic (exact) mass is 305 g/mol. The van der Waals surface area contributed by atoms with Gasteiger partial charge in [0, 0.05) is 18.4 Å². The first-order chi connectivity index (χ1) is 10.3. The Morgan fingerprint density at radius 2 is 2.18 bits per heavy atom. The molecule has 0 fully saturated rings. The summed E-state index contributed by atoms with van der Waals surface area (Å²) in [5.74, 6) is 1.82. The lowest BCUT2D eigenvalue weighted by molar-refractivity contribution is -0.131. The highest BCUT2D eigenvalue weighted by molar-refractivity contribution is 5.78. The van der Waals surface area contributed by atoms with Crippen molar-refractivity contribution in [1.29, 1.82) is 0 Å². The van der Waals surface area contributed by atoms with Gasteiger partial charge < -0.3 is 9.32 Å². The van der Waals surface area contributed by atoms with Crippen molar-refractivity contribution in [2.45, 2.75) is 45.6 Å². The molecule has 1 amide bonds. The first kappa shape index (κ1) is 14.6. The lowest BCUT2D eigenvalue weighted by Gasteiger charge is -2.24. The van der Waals surface area contributed by atoms with Crippen LogP contribution in [0.25, 0.3) is 0 Å². The van der Waals surface area contributed by atoms with Gasteiger partial charge in [-0.2, -0.15) is 5.10 Å². The van der Waals surface area contributed by atoms with E-state index in [2.05, 4.69) is 20.2 Å². The molecule has 0 spiro atoms. The number of hydrogen-bond acceptors (Lipinski definition) is 5. The molecule has 1 aliphatic rings. The van der Waals surface area contributed by atoms with Crippen LogP contribution >= 0.6 is 0 Å². The first-order valence-corrected chi connectivity index (χ1v) is 7.23. The molecular formula is C14H19N5O3. The van der Waals surface area contributed by atoms with Crippen LogP contribution in [0.4, 0.5) is 0 Å². The number of aromatic nitrogens is 4. The zero-order chi connectivity index (χ0) is 15.9. The Morgan fingerprint density at radius 3 is 2.82 bits per heavy atom. The number of H-pyrrole nitrogens is 2. The number of carbonyl (C=O) groups is 1. The Kier molecular flexibility index (Phi) is 3.38. The fraction of sp³-hybridized carbons (Fsp3) is 0.571. The molecule has 3 heterocycles. The van der Waals surface area contributed by atoms with E-state index in [9.17, 15) is 9.59 Å². The second-order valence-corrected chi connectivity index (χ2v) is 6.51. The van der Waals surface area contributed by atoms with E-state index in [4.69, 9.17) is 4.42 Å². The van der Waals surface area contributed by atoms with Crippen LogP contribution < -0.4 is 5.69 Å². The highest BCUT2D eigenvalue weighted by Gasteiger charge is 2.29. The van der Waals surface area contributed by atoms with Gasteiger partial charge in [0.1, 0.15) is 17.3 Å². The SMILES string of the molecule is CC(C)(C)c1nc2c(o1)CCN(C(=O)Cc1n[nH]c(=O)[nH]1)C2. The summed E-state index contributed by atoms with van der Waals surface area (Å²) in [7, 11) is 0. The molecule has 118 valence electrons. The Balaban J connectivity index is 1.72. The number of aromatic amines is 2. The molecule has 0 saturated carbocycles. The maximum absolute atomic E-state index is 12.3. The van der Waals surface area contributed by atoms with E-state index in [0.717, 1.165) is 11.5 Å². The number of fused-ring (bicyclic) bond motifs is 1. The molecule has 8 nitrogen and oxygen atoms in total. The maximum Gasteiger partial charge on any atom is 0.340 e. The van der Waals surface area contributed by atoms with Gasteiger partial charge in [-0.3, -0.25) is 9.78 Å². The van der Waals surface area contributed by atoms with Crippen molar-refractivity contribution in [3.63, 3.8) is 0 Å². The Morgan fingerprint density at radius 1 is 1.41 bits per heavy atom. The minimum atomic E-state index is -0.407. The molecule has 0 aromatic carbocycles. The summed E-state index contributed by atoms with van der Waals surface area (Å²) in [4.78, 5) is 32.0. The van der Waals surface area contributed by atoms with E-state index >= 15 is 0 Å². The third kappa shape index (κ3) is 2.81. The highest BCUT2D eigenvalue weighted by atomic mass is 16.4. The predicted octanol–water partition coefficient (Wildman–Crippen LogP) is 0.511. The molecule has 0 atom stereocenters. The summed E-state index contributed by atoms with van der Waals surface area (Å²) in [5, 5.41) is 6.01. The van der Waals surface area contributed by atoms with Gasteiger partial charge in [-0.05, 0) is 0 Å². The van der Waals surface area contributed by atoms with Crippen molar-refractivity contribution in [3.8, 4) is 0 Å². The topological polar surface area (TPSA) is 108 Å². The van der Waals surface area contributed by atoms with Crippen LogP contribution in [0.2, 0.25) is 0 Å². The van der Waals surface area contributed by atoms with Crippen LogP contribution in [-0.2, 0) is 29.6 Å². The van der Waals surface area contributed by atoms with Crippen molar-refractivity contribution >= 4 is 5.91 Å². The predicted molar refractivity (Wildman–Crippen MR) is 77.2 cm³/mol. The lowest BCUT2D eigenvalue weighted by Crippen LogP contribution is -2.37. The largest absolute Gasteiger partial charge is 0.445 e. The fourth-order valence-corrected chi connectivity index (χ4v) is 2.38. The summed E-state index contributed by atoms with van der Waals surface area (Å²) in [6, 6.07) is 0. The summed E-state index contributed by atoms with van der Waals surface area (Å²) >= 11 is 0. The van der Waals surface area contributed by atoms with Crippen molar-refractivity contribution in [2.75, 3.05) is 6.54 Å². The molecule has 0 unspecified atom stereocenters. The zero-order valence-electron chi connectivity index (χ0n) is 12.9. The third-order valence-corrected chi connectivity index (χ3v) is 3.59. The minimum absolute atomic E-state index is 0.0675. The molecule has 0 saturated heterocycles. The lowest BCUT2D eigenvalue weighted by atomic mass is 9.97. The minimum Gasteiger partial charge on any atom is -0.445 e. The zero-order valence-corrected chi connectivity index (χ0v) is 12.9. The van der Waals surface area contributed by atoms with Gasteiger partial charge in [-0.1, -0.05) is 20.8 Å². The normalized spacial score (nSPS) is 15.0. The first-order valence-electron chi connectivity index (χ1n) is 7.23. The number of nitrogens with one attached hydrogen (secondary N) is 2. The van der Waals surface area contributed by atoms with Gasteiger partial charge in [0.05, 0.1) is 13.0 Å². The smallest absolute Gasteiger partial charge is 0.340 e. The van der Waals surface area contributed by atoms with Gasteiger partial charge in [-0.15, -0.1) is 0 Å². The van der Waals surface area contributed by atoms with Crippen LogP contribution in [0.15, 0.2) is 9.21 Å². The maximum atomic E-state index is 12.3. The summed E-state index contributed by atoms with van der Waals surface area (Å²) in [6.07, 6.45) is 0.722. The summed E-state index contributed by atoms with van der Waals surface area (Å²) in [5.41, 5.74) is 0.260. The van der Waals surface area contributed by atoms with Crippen molar-refractivity contribution in [3.05, 3.63) is 33.7 Å². The number of amides is 1. The van der Waals surface area contributed by atoms with Crippen molar-refractivity contribution in [1.82, 2.24) is 25.1 Å². The molecule has 1 aliphatic heterocycles. The molecule has 3 rings (SSSR count). The van der Waals surface area contributed by atoms with E-state index in [0.29, 0.717) is 31.2 Å². The van der Waals surface area contributed by atoms with Crippen LogP contribution in [0.3, 0.4) is 0 Å². The molecule has 2 aromatic rings. The van der Waals surface area contributed by atoms with E-state index < -0.39 is 5.69 Å². The highest BCUT2D eigenvalue weighted by Crippen LogP contribution is 2.27.